The summed E-state index contributed by atoms with van der Waals surface area (Å²) < 4.78 is 1.32. The van der Waals surface area contributed by atoms with Gasteiger partial charge in [0.2, 0.25) is 0 Å². The van der Waals surface area contributed by atoms with Gasteiger partial charge in [-0.25, -0.2) is 0 Å². The number of carboxylic acid groups (broad SMARTS) is 1. The van der Waals surface area contributed by atoms with E-state index < -0.39 is 5.97 Å². The van der Waals surface area contributed by atoms with Crippen LogP contribution in [0.5, 0.6) is 0 Å². The van der Waals surface area contributed by atoms with E-state index in [2.05, 4.69) is 11.4 Å². The van der Waals surface area contributed by atoms with Gasteiger partial charge in [-0.3, -0.25) is 4.79 Å². The Hall–Kier alpha value is -0.480. The summed E-state index contributed by atoms with van der Waals surface area (Å²) in [7, 11) is 0. The molecule has 0 fully saturated rings. The molecule has 1 unspecified atom stereocenters. The van der Waals surface area contributed by atoms with Crippen molar-refractivity contribution in [1.82, 2.24) is 0 Å². The zero-order valence-electron chi connectivity index (χ0n) is 7.03. The van der Waals surface area contributed by atoms with Gasteiger partial charge in [-0.15, -0.1) is 23.1 Å². The Morgan fingerprint density at radius 1 is 1.69 bits per heavy atom. The van der Waals surface area contributed by atoms with Crippen molar-refractivity contribution in [3.63, 3.8) is 0 Å². The first-order valence-electron chi connectivity index (χ1n) is 4.19. The minimum atomic E-state index is -0.686. The van der Waals surface area contributed by atoms with Crippen LogP contribution in [0.15, 0.2) is 15.7 Å². The Labute approximate surface area is 85.0 Å². The van der Waals surface area contributed by atoms with E-state index in [1.807, 2.05) is 11.8 Å². The zero-order valence-corrected chi connectivity index (χ0v) is 8.66. The molecule has 1 aromatic rings. The third kappa shape index (κ3) is 1.89. The fraction of sp³-hybridized carbons (Fsp3) is 0.444. The summed E-state index contributed by atoms with van der Waals surface area (Å²) in [6, 6.07) is 2.07. The number of rotatable bonds is 2. The first-order valence-corrected chi connectivity index (χ1v) is 6.06. The number of carbonyl (C=O) groups is 1. The smallest absolute Gasteiger partial charge is 0.303 e. The first-order chi connectivity index (χ1) is 6.27. The molecule has 0 spiro atoms. The lowest BCUT2D eigenvalue weighted by Crippen LogP contribution is -2.10. The molecule has 1 N–H and O–H groups in total. The highest BCUT2D eigenvalue weighted by molar-refractivity contribution is 8.01. The number of aliphatic carboxylic acids is 1. The highest BCUT2D eigenvalue weighted by Gasteiger charge is 2.23. The van der Waals surface area contributed by atoms with Gasteiger partial charge in [-0.1, -0.05) is 0 Å². The van der Waals surface area contributed by atoms with Gasteiger partial charge in [-0.2, -0.15) is 0 Å². The number of thioether (sulfide) groups is 1. The van der Waals surface area contributed by atoms with Gasteiger partial charge in [0.15, 0.2) is 0 Å². The summed E-state index contributed by atoms with van der Waals surface area (Å²) in [5, 5.41) is 10.8. The molecule has 13 heavy (non-hydrogen) atoms. The fourth-order valence-electron chi connectivity index (χ4n) is 1.60. The molecule has 4 heteroatoms. The van der Waals surface area contributed by atoms with Crippen LogP contribution in [0.2, 0.25) is 0 Å². The maximum absolute atomic E-state index is 10.6. The van der Waals surface area contributed by atoms with E-state index in [4.69, 9.17) is 5.11 Å². The maximum Gasteiger partial charge on any atom is 0.303 e. The highest BCUT2D eigenvalue weighted by Crippen LogP contribution is 2.42. The molecule has 0 saturated heterocycles. The summed E-state index contributed by atoms with van der Waals surface area (Å²) in [5.41, 5.74) is 1.25. The second kappa shape index (κ2) is 3.72. The van der Waals surface area contributed by atoms with Gasteiger partial charge >= 0.3 is 5.97 Å². The van der Waals surface area contributed by atoms with Crippen molar-refractivity contribution >= 4 is 29.1 Å². The largest absolute Gasteiger partial charge is 0.481 e. The molecule has 2 nitrogen and oxygen atoms in total. The summed E-state index contributed by atoms with van der Waals surface area (Å²) in [5.74, 6) is 0.625. The SMILES string of the molecule is O=C(O)CC1CCSc2sccc21. The summed E-state index contributed by atoms with van der Waals surface area (Å²) in [6.45, 7) is 0. The number of thiophene rings is 1. The van der Waals surface area contributed by atoms with Gasteiger partial charge in [0.05, 0.1) is 10.6 Å². The minimum Gasteiger partial charge on any atom is -0.481 e. The highest BCUT2D eigenvalue weighted by atomic mass is 32.2. The molecule has 1 aromatic heterocycles. The van der Waals surface area contributed by atoms with Gasteiger partial charge in [0, 0.05) is 0 Å². The van der Waals surface area contributed by atoms with Crippen molar-refractivity contribution in [1.29, 1.82) is 0 Å². The van der Waals surface area contributed by atoms with Gasteiger partial charge in [0.25, 0.3) is 0 Å². The monoisotopic (exact) mass is 214 g/mol. The fourth-order valence-corrected chi connectivity index (χ4v) is 3.98. The quantitative estimate of drug-likeness (QED) is 0.822. The van der Waals surface area contributed by atoms with Crippen LogP contribution in [0, 0.1) is 0 Å². The first kappa shape index (κ1) is 9.09. The summed E-state index contributed by atoms with van der Waals surface area (Å²) in [6.07, 6.45) is 1.28. The lowest BCUT2D eigenvalue weighted by molar-refractivity contribution is -0.137. The second-order valence-corrected chi connectivity index (χ2v) is 5.38. The molecule has 0 radical (unpaired) electrons. The van der Waals surface area contributed by atoms with E-state index in [9.17, 15) is 4.79 Å². The maximum atomic E-state index is 10.6. The van der Waals surface area contributed by atoms with Crippen LogP contribution in [-0.4, -0.2) is 16.8 Å². The van der Waals surface area contributed by atoms with Crippen LogP contribution in [0.1, 0.15) is 24.3 Å². The van der Waals surface area contributed by atoms with E-state index in [0.29, 0.717) is 0 Å². The summed E-state index contributed by atoms with van der Waals surface area (Å²) >= 11 is 3.58. The standard InChI is InChI=1S/C9H10O2S2/c10-8(11)5-6-1-3-12-9-7(6)2-4-13-9/h2,4,6H,1,3,5H2,(H,10,11). The number of hydrogen-bond acceptors (Lipinski definition) is 3. The van der Waals surface area contributed by atoms with Crippen molar-refractivity contribution in [2.75, 3.05) is 5.75 Å². The van der Waals surface area contributed by atoms with Crippen LogP contribution >= 0.6 is 23.1 Å². The molecule has 2 heterocycles. The molecule has 0 aromatic carbocycles. The van der Waals surface area contributed by atoms with Crippen molar-refractivity contribution in [3.8, 4) is 0 Å². The Morgan fingerprint density at radius 3 is 3.31 bits per heavy atom. The molecule has 70 valence electrons. The topological polar surface area (TPSA) is 37.3 Å². The Bertz CT molecular complexity index is 319. The molecule has 1 aliphatic rings. The van der Waals surface area contributed by atoms with Gasteiger partial charge < -0.3 is 5.11 Å². The van der Waals surface area contributed by atoms with Crippen LogP contribution < -0.4 is 0 Å². The second-order valence-electron chi connectivity index (χ2n) is 3.10. The van der Waals surface area contributed by atoms with Crippen LogP contribution in [-0.2, 0) is 4.79 Å². The zero-order chi connectivity index (χ0) is 9.26. The van der Waals surface area contributed by atoms with Crippen LogP contribution in [0.25, 0.3) is 0 Å². The molecule has 2 rings (SSSR count). The molecule has 1 atom stereocenters. The van der Waals surface area contributed by atoms with Crippen molar-refractivity contribution in [2.45, 2.75) is 23.0 Å². The molecule has 0 amide bonds. The lowest BCUT2D eigenvalue weighted by atomic mass is 9.95. The minimum absolute atomic E-state index is 0.250. The normalized spacial score (nSPS) is 21.1. The molecule has 0 saturated carbocycles. The number of hydrogen-bond donors (Lipinski definition) is 1. The Morgan fingerprint density at radius 2 is 2.54 bits per heavy atom. The number of fused-ring (bicyclic) bond motifs is 1. The predicted molar refractivity (Wildman–Crippen MR) is 54.7 cm³/mol. The van der Waals surface area contributed by atoms with E-state index >= 15 is 0 Å². The predicted octanol–water partition coefficient (Wildman–Crippen LogP) is 2.80. The molecular weight excluding hydrogens is 204 g/mol. The molecular formula is C9H10O2S2. The van der Waals surface area contributed by atoms with Gasteiger partial charge in [0.1, 0.15) is 0 Å². The lowest BCUT2D eigenvalue weighted by Gasteiger charge is -2.19. The van der Waals surface area contributed by atoms with E-state index in [1.54, 1.807) is 11.3 Å². The molecule has 0 aliphatic carbocycles. The average Bonchev–Trinajstić information content (AvgIpc) is 2.51. The summed E-state index contributed by atoms with van der Waals surface area (Å²) in [4.78, 5) is 10.6. The molecule has 1 aliphatic heterocycles. The van der Waals surface area contributed by atoms with E-state index in [1.165, 1.54) is 9.77 Å². The third-order valence-electron chi connectivity index (χ3n) is 2.22. The Balaban J connectivity index is 2.20. The van der Waals surface area contributed by atoms with E-state index in [0.717, 1.165) is 12.2 Å². The van der Waals surface area contributed by atoms with E-state index in [-0.39, 0.29) is 12.3 Å². The van der Waals surface area contributed by atoms with Crippen molar-refractivity contribution in [3.05, 3.63) is 17.0 Å². The van der Waals surface area contributed by atoms with Crippen molar-refractivity contribution in [2.24, 2.45) is 0 Å². The van der Waals surface area contributed by atoms with Crippen LogP contribution in [0.3, 0.4) is 0 Å². The Kier molecular flexibility index (Phi) is 2.60. The van der Waals surface area contributed by atoms with Gasteiger partial charge in [-0.05, 0) is 35.1 Å². The van der Waals surface area contributed by atoms with Crippen molar-refractivity contribution < 1.29 is 9.90 Å². The van der Waals surface area contributed by atoms with Crippen LogP contribution in [0.4, 0.5) is 0 Å². The third-order valence-corrected chi connectivity index (χ3v) is 4.52. The molecule has 0 bridgehead atoms. The average molecular weight is 214 g/mol. The number of carboxylic acids is 1.